The van der Waals surface area contributed by atoms with Gasteiger partial charge in [-0.25, -0.2) is 4.98 Å². The molecule has 134 valence electrons. The first-order valence-electron chi connectivity index (χ1n) is 8.33. The highest BCUT2D eigenvalue weighted by atomic mass is 16.5. The molecule has 6 nitrogen and oxygen atoms in total. The lowest BCUT2D eigenvalue weighted by molar-refractivity contribution is -0.123. The number of aromatic nitrogens is 1. The van der Waals surface area contributed by atoms with E-state index in [1.54, 1.807) is 31.5 Å². The van der Waals surface area contributed by atoms with Crippen LogP contribution in [0.3, 0.4) is 0 Å². The summed E-state index contributed by atoms with van der Waals surface area (Å²) >= 11 is 0. The summed E-state index contributed by atoms with van der Waals surface area (Å²) in [5.74, 6) is 1.88. The van der Waals surface area contributed by atoms with Crippen molar-refractivity contribution in [2.24, 2.45) is 11.7 Å². The number of rotatable bonds is 8. The van der Waals surface area contributed by atoms with Crippen LogP contribution in [0.2, 0.25) is 0 Å². The Balaban J connectivity index is 1.95. The number of carbonyl (C=O) groups excluding carboxylic acids is 1. The molecule has 0 saturated carbocycles. The minimum atomic E-state index is -0.498. The van der Waals surface area contributed by atoms with E-state index in [9.17, 15) is 4.79 Å². The molecule has 1 heterocycles. The van der Waals surface area contributed by atoms with Crippen molar-refractivity contribution in [3.8, 4) is 17.4 Å². The number of benzene rings is 1. The second-order valence-corrected chi connectivity index (χ2v) is 5.91. The Bertz CT molecular complexity index is 689. The Morgan fingerprint density at radius 2 is 1.92 bits per heavy atom. The van der Waals surface area contributed by atoms with Gasteiger partial charge in [0.15, 0.2) is 0 Å². The molecule has 1 aromatic heterocycles. The second-order valence-electron chi connectivity index (χ2n) is 5.91. The van der Waals surface area contributed by atoms with Gasteiger partial charge in [0.25, 0.3) is 0 Å². The van der Waals surface area contributed by atoms with Crippen LogP contribution in [0.4, 0.5) is 0 Å². The van der Waals surface area contributed by atoms with Gasteiger partial charge in [-0.05, 0) is 41.8 Å². The highest BCUT2D eigenvalue weighted by Gasteiger charge is 2.18. The van der Waals surface area contributed by atoms with Gasteiger partial charge in [0, 0.05) is 18.8 Å². The van der Waals surface area contributed by atoms with Crippen LogP contribution in [0.15, 0.2) is 42.6 Å². The minimum absolute atomic E-state index is 0.145. The Labute approximate surface area is 148 Å². The Hall–Kier alpha value is -2.60. The molecule has 1 amide bonds. The van der Waals surface area contributed by atoms with Gasteiger partial charge in [-0.3, -0.25) is 4.79 Å². The quantitative estimate of drug-likeness (QED) is 0.770. The van der Waals surface area contributed by atoms with Crippen molar-refractivity contribution >= 4 is 5.91 Å². The summed E-state index contributed by atoms with van der Waals surface area (Å²) in [5, 5.41) is 2.86. The normalized spacial score (nSPS) is 13.0. The summed E-state index contributed by atoms with van der Waals surface area (Å²) < 4.78 is 10.8. The first kappa shape index (κ1) is 18.7. The molecule has 0 aliphatic rings. The van der Waals surface area contributed by atoms with Crippen molar-refractivity contribution in [3.05, 3.63) is 48.2 Å². The highest BCUT2D eigenvalue weighted by Crippen LogP contribution is 2.22. The lowest BCUT2D eigenvalue weighted by Crippen LogP contribution is -2.44. The molecule has 25 heavy (non-hydrogen) atoms. The molecule has 2 atom stereocenters. The number of nitrogens with two attached hydrogens (primary N) is 1. The summed E-state index contributed by atoms with van der Waals surface area (Å²) in [5.41, 5.74) is 6.82. The van der Waals surface area contributed by atoms with Crippen LogP contribution in [0.1, 0.15) is 25.8 Å². The van der Waals surface area contributed by atoms with Gasteiger partial charge in [-0.1, -0.05) is 20.3 Å². The zero-order valence-corrected chi connectivity index (χ0v) is 14.9. The maximum atomic E-state index is 12.1. The van der Waals surface area contributed by atoms with Crippen molar-refractivity contribution in [2.45, 2.75) is 32.9 Å². The van der Waals surface area contributed by atoms with Crippen LogP contribution < -0.4 is 20.5 Å². The summed E-state index contributed by atoms with van der Waals surface area (Å²) in [7, 11) is 1.61. The van der Waals surface area contributed by atoms with E-state index >= 15 is 0 Å². The van der Waals surface area contributed by atoms with Crippen molar-refractivity contribution in [1.82, 2.24) is 10.3 Å². The molecule has 1 aromatic carbocycles. The van der Waals surface area contributed by atoms with Crippen LogP contribution in [0.25, 0.3) is 0 Å². The number of nitrogens with one attached hydrogen (secondary N) is 1. The van der Waals surface area contributed by atoms with Gasteiger partial charge in [0.2, 0.25) is 11.8 Å². The molecule has 2 unspecified atom stereocenters. The van der Waals surface area contributed by atoms with E-state index in [2.05, 4.69) is 10.3 Å². The highest BCUT2D eigenvalue weighted by molar-refractivity contribution is 5.81. The lowest BCUT2D eigenvalue weighted by Gasteiger charge is -2.17. The summed E-state index contributed by atoms with van der Waals surface area (Å²) in [4.78, 5) is 16.2. The molecular weight excluding hydrogens is 318 g/mol. The van der Waals surface area contributed by atoms with Crippen molar-refractivity contribution in [2.75, 3.05) is 7.11 Å². The van der Waals surface area contributed by atoms with Gasteiger partial charge < -0.3 is 20.5 Å². The van der Waals surface area contributed by atoms with Gasteiger partial charge in [-0.15, -0.1) is 0 Å². The third-order valence-corrected chi connectivity index (χ3v) is 4.11. The number of methoxy groups -OCH3 is 1. The molecular formula is C19H25N3O3. The van der Waals surface area contributed by atoms with Crippen LogP contribution in [-0.4, -0.2) is 24.0 Å². The third kappa shape index (κ3) is 5.46. The van der Waals surface area contributed by atoms with Crippen LogP contribution in [0.5, 0.6) is 17.4 Å². The van der Waals surface area contributed by atoms with E-state index < -0.39 is 6.04 Å². The topological polar surface area (TPSA) is 86.5 Å². The molecule has 0 radical (unpaired) electrons. The van der Waals surface area contributed by atoms with Crippen molar-refractivity contribution < 1.29 is 14.3 Å². The number of amides is 1. The van der Waals surface area contributed by atoms with E-state index in [-0.39, 0.29) is 11.8 Å². The molecule has 0 saturated heterocycles. The summed E-state index contributed by atoms with van der Waals surface area (Å²) in [6.45, 7) is 4.37. The molecule has 0 aliphatic heterocycles. The number of pyridine rings is 1. The van der Waals surface area contributed by atoms with E-state index in [0.29, 0.717) is 18.2 Å². The molecule has 0 spiro atoms. The number of hydrogen-bond donors (Lipinski definition) is 2. The van der Waals surface area contributed by atoms with Crippen molar-refractivity contribution in [3.63, 3.8) is 0 Å². The monoisotopic (exact) mass is 343 g/mol. The number of nitrogens with zero attached hydrogens (tertiary/aromatic N) is 1. The predicted octanol–water partition coefficient (Wildman–Crippen LogP) is 2.87. The fraction of sp³-hybridized carbons (Fsp3) is 0.368. The SMILES string of the molecule is CCC(C)C(N)C(=O)NCc1ccnc(Oc2ccc(OC)cc2)c1. The first-order chi connectivity index (χ1) is 12.0. The maximum absolute atomic E-state index is 12.1. The van der Waals surface area contributed by atoms with E-state index in [4.69, 9.17) is 15.2 Å². The summed E-state index contributed by atoms with van der Waals surface area (Å²) in [6.07, 6.45) is 2.51. The average molecular weight is 343 g/mol. The van der Waals surface area contributed by atoms with Crippen molar-refractivity contribution in [1.29, 1.82) is 0 Å². The smallest absolute Gasteiger partial charge is 0.237 e. The van der Waals surface area contributed by atoms with Gasteiger partial charge in [-0.2, -0.15) is 0 Å². The molecule has 3 N–H and O–H groups in total. The zero-order valence-electron chi connectivity index (χ0n) is 14.9. The van der Waals surface area contributed by atoms with Gasteiger partial charge in [0.1, 0.15) is 11.5 Å². The van der Waals surface area contributed by atoms with Crippen LogP contribution in [0, 0.1) is 5.92 Å². The average Bonchev–Trinajstić information content (AvgIpc) is 2.65. The number of carbonyl (C=O) groups is 1. The number of ether oxygens (including phenoxy) is 2. The number of hydrogen-bond acceptors (Lipinski definition) is 5. The molecule has 0 bridgehead atoms. The molecule has 2 rings (SSSR count). The third-order valence-electron chi connectivity index (χ3n) is 4.11. The largest absolute Gasteiger partial charge is 0.497 e. The van der Waals surface area contributed by atoms with Crippen LogP contribution in [-0.2, 0) is 11.3 Å². The molecule has 2 aromatic rings. The van der Waals surface area contributed by atoms with Gasteiger partial charge >= 0.3 is 0 Å². The maximum Gasteiger partial charge on any atom is 0.237 e. The molecule has 0 fully saturated rings. The standard InChI is InChI=1S/C19H25N3O3/c1-4-13(2)18(20)19(23)22-12-14-9-10-21-17(11-14)25-16-7-5-15(24-3)6-8-16/h5-11,13,18H,4,12,20H2,1-3H3,(H,22,23). The Kier molecular flexibility index (Phi) is 6.77. The van der Waals surface area contributed by atoms with Crippen LogP contribution >= 0.6 is 0 Å². The van der Waals surface area contributed by atoms with E-state index in [1.807, 2.05) is 32.0 Å². The Morgan fingerprint density at radius 3 is 2.56 bits per heavy atom. The Morgan fingerprint density at radius 1 is 1.24 bits per heavy atom. The lowest BCUT2D eigenvalue weighted by atomic mass is 9.99. The second kappa shape index (κ2) is 9.03. The summed E-state index contributed by atoms with van der Waals surface area (Å²) in [6, 6.07) is 10.4. The van der Waals surface area contributed by atoms with E-state index in [1.165, 1.54) is 0 Å². The fourth-order valence-corrected chi connectivity index (χ4v) is 2.20. The van der Waals surface area contributed by atoms with Gasteiger partial charge in [0.05, 0.1) is 13.2 Å². The minimum Gasteiger partial charge on any atom is -0.497 e. The predicted molar refractivity (Wildman–Crippen MR) is 96.6 cm³/mol. The van der Waals surface area contributed by atoms with E-state index in [0.717, 1.165) is 17.7 Å². The zero-order chi connectivity index (χ0) is 18.2. The molecule has 0 aliphatic carbocycles. The molecule has 6 heteroatoms. The first-order valence-corrected chi connectivity index (χ1v) is 8.33. The fourth-order valence-electron chi connectivity index (χ4n) is 2.20.